The van der Waals surface area contributed by atoms with Gasteiger partial charge in [-0.3, -0.25) is 9.69 Å². The minimum Gasteiger partial charge on any atom is -0.476 e. The Labute approximate surface area is 209 Å². The van der Waals surface area contributed by atoms with Gasteiger partial charge in [0.1, 0.15) is 12.2 Å². The van der Waals surface area contributed by atoms with Crippen LogP contribution in [0.2, 0.25) is 0 Å². The number of nitrogens with one attached hydrogen (secondary N) is 1. The molecule has 2 aromatic rings. The number of nitrogens with zero attached hydrogens (tertiary/aromatic N) is 3. The largest absolute Gasteiger partial charge is 0.476 e. The van der Waals surface area contributed by atoms with E-state index in [1.165, 1.54) is 23.7 Å². The number of hydrogen-bond donors (Lipinski definition) is 1. The van der Waals surface area contributed by atoms with Gasteiger partial charge in [0.15, 0.2) is 0 Å². The Balaban J connectivity index is 0.000000207. The molecule has 1 N–H and O–H groups in total. The molecule has 7 rings (SSSR count). The first-order valence-corrected chi connectivity index (χ1v) is 13.4. The summed E-state index contributed by atoms with van der Waals surface area (Å²) in [5, 5.41) is 6.98. The zero-order chi connectivity index (χ0) is 24.0. The molecule has 35 heavy (non-hydrogen) atoms. The molecule has 7 heteroatoms. The van der Waals surface area contributed by atoms with Crippen molar-refractivity contribution >= 4 is 5.91 Å². The molecule has 5 aliphatic rings. The number of morpholine rings is 1. The molecule has 1 amide bonds. The summed E-state index contributed by atoms with van der Waals surface area (Å²) in [5.74, 6) is 5.03. The van der Waals surface area contributed by atoms with Crippen LogP contribution in [0.1, 0.15) is 54.4 Å². The summed E-state index contributed by atoms with van der Waals surface area (Å²) in [5.41, 5.74) is 1.56. The summed E-state index contributed by atoms with van der Waals surface area (Å²) >= 11 is 0. The van der Waals surface area contributed by atoms with Crippen LogP contribution in [0.15, 0.2) is 36.5 Å². The van der Waals surface area contributed by atoms with E-state index in [1.807, 2.05) is 30.3 Å². The summed E-state index contributed by atoms with van der Waals surface area (Å²) < 4.78 is 13.1. The topological polar surface area (TPSA) is 68.6 Å². The van der Waals surface area contributed by atoms with Gasteiger partial charge in [0.25, 0.3) is 5.91 Å². The Bertz CT molecular complexity index is 898. The van der Waals surface area contributed by atoms with E-state index in [1.54, 1.807) is 56.5 Å². The second-order valence-corrected chi connectivity index (χ2v) is 10.8. The van der Waals surface area contributed by atoms with Crippen molar-refractivity contribution in [3.8, 4) is 5.88 Å². The SMILES string of the molecule is C1C2CC3CC1CC(C2)C3.CNC(=O)c1cnn(Cc2ccccc2)c1OCCN1CCOCC1. The molecule has 1 aliphatic heterocycles. The number of benzene rings is 1. The number of ether oxygens (including phenoxy) is 2. The molecular weight excluding hydrogens is 440 g/mol. The molecule has 0 spiro atoms. The third-order valence-corrected chi connectivity index (χ3v) is 8.19. The minimum absolute atomic E-state index is 0.194. The van der Waals surface area contributed by atoms with Crippen LogP contribution in [-0.4, -0.2) is 67.1 Å². The lowest BCUT2D eigenvalue weighted by molar-refractivity contribution is 0.0198. The van der Waals surface area contributed by atoms with Crippen molar-refractivity contribution in [1.29, 1.82) is 0 Å². The molecule has 2 heterocycles. The van der Waals surface area contributed by atoms with Gasteiger partial charge < -0.3 is 14.8 Å². The number of carbonyl (C=O) groups excluding carboxylic acids is 1. The van der Waals surface area contributed by atoms with Crippen LogP contribution in [0, 0.1) is 23.7 Å². The summed E-state index contributed by atoms with van der Waals surface area (Å²) in [6.07, 6.45) is 11.2. The Morgan fingerprint density at radius 2 is 1.60 bits per heavy atom. The Kier molecular flexibility index (Phi) is 8.04. The maximum atomic E-state index is 12.1. The van der Waals surface area contributed by atoms with E-state index in [9.17, 15) is 4.79 Å². The van der Waals surface area contributed by atoms with Gasteiger partial charge >= 0.3 is 0 Å². The van der Waals surface area contributed by atoms with Crippen LogP contribution < -0.4 is 10.1 Å². The second-order valence-electron chi connectivity index (χ2n) is 10.8. The molecule has 0 unspecified atom stereocenters. The molecule has 4 aliphatic carbocycles. The summed E-state index contributed by atoms with van der Waals surface area (Å²) in [7, 11) is 1.61. The molecule has 0 atom stereocenters. The molecule has 5 fully saturated rings. The van der Waals surface area contributed by atoms with Gasteiger partial charge in [-0.2, -0.15) is 5.10 Å². The molecule has 190 valence electrons. The van der Waals surface area contributed by atoms with Crippen LogP contribution >= 0.6 is 0 Å². The van der Waals surface area contributed by atoms with E-state index < -0.39 is 0 Å². The highest BCUT2D eigenvalue weighted by Gasteiger charge is 2.41. The van der Waals surface area contributed by atoms with Crippen LogP contribution in [0.25, 0.3) is 0 Å². The second kappa shape index (κ2) is 11.6. The number of rotatable bonds is 7. The fraction of sp³-hybridized carbons (Fsp3) is 0.643. The first-order chi connectivity index (χ1) is 17.2. The van der Waals surface area contributed by atoms with E-state index in [4.69, 9.17) is 9.47 Å². The van der Waals surface area contributed by atoms with Gasteiger partial charge in [-0.05, 0) is 67.8 Å². The van der Waals surface area contributed by atoms with Crippen molar-refractivity contribution in [2.45, 2.75) is 45.1 Å². The average molecular weight is 481 g/mol. The monoisotopic (exact) mass is 480 g/mol. The van der Waals surface area contributed by atoms with E-state index in [0.717, 1.165) is 38.4 Å². The van der Waals surface area contributed by atoms with E-state index in [2.05, 4.69) is 15.3 Å². The lowest BCUT2D eigenvalue weighted by Crippen LogP contribution is -2.38. The lowest BCUT2D eigenvalue weighted by atomic mass is 9.56. The van der Waals surface area contributed by atoms with Gasteiger partial charge in [-0.25, -0.2) is 4.68 Å². The zero-order valence-corrected chi connectivity index (χ0v) is 21.0. The smallest absolute Gasteiger partial charge is 0.258 e. The van der Waals surface area contributed by atoms with Crippen molar-refractivity contribution in [3.05, 3.63) is 47.7 Å². The number of carbonyl (C=O) groups is 1. The molecule has 0 radical (unpaired) electrons. The third kappa shape index (κ3) is 6.25. The number of aromatic nitrogens is 2. The average Bonchev–Trinajstić information content (AvgIpc) is 3.26. The molecule has 4 bridgehead atoms. The first kappa shape index (κ1) is 24.3. The van der Waals surface area contributed by atoms with Crippen molar-refractivity contribution in [1.82, 2.24) is 20.0 Å². The predicted octanol–water partition coefficient (Wildman–Crippen LogP) is 3.83. The predicted molar refractivity (Wildman–Crippen MR) is 136 cm³/mol. The quantitative estimate of drug-likeness (QED) is 0.652. The van der Waals surface area contributed by atoms with Gasteiger partial charge in [-0.15, -0.1) is 0 Å². The Hall–Kier alpha value is -2.38. The molecule has 7 nitrogen and oxygen atoms in total. The Morgan fingerprint density at radius 1 is 1.00 bits per heavy atom. The van der Waals surface area contributed by atoms with Gasteiger partial charge in [0, 0.05) is 26.7 Å². The number of hydrogen-bond acceptors (Lipinski definition) is 5. The third-order valence-electron chi connectivity index (χ3n) is 8.19. The number of amides is 1. The normalized spacial score (nSPS) is 27.2. The fourth-order valence-electron chi connectivity index (χ4n) is 6.77. The van der Waals surface area contributed by atoms with Crippen LogP contribution in [0.3, 0.4) is 0 Å². The summed E-state index contributed by atoms with van der Waals surface area (Å²) in [6, 6.07) is 9.99. The van der Waals surface area contributed by atoms with Gasteiger partial charge in [-0.1, -0.05) is 30.3 Å². The van der Waals surface area contributed by atoms with Crippen LogP contribution in [0.4, 0.5) is 0 Å². The van der Waals surface area contributed by atoms with Crippen molar-refractivity contribution in [2.75, 3.05) is 46.5 Å². The highest BCUT2D eigenvalue weighted by atomic mass is 16.5. The Morgan fingerprint density at radius 3 is 2.17 bits per heavy atom. The summed E-state index contributed by atoms with van der Waals surface area (Å²) in [4.78, 5) is 14.4. The van der Waals surface area contributed by atoms with E-state index in [0.29, 0.717) is 24.6 Å². The molecule has 1 saturated heterocycles. The maximum Gasteiger partial charge on any atom is 0.258 e. The highest BCUT2D eigenvalue weighted by molar-refractivity contribution is 5.96. The molecule has 1 aromatic carbocycles. The first-order valence-electron chi connectivity index (χ1n) is 13.4. The van der Waals surface area contributed by atoms with E-state index >= 15 is 0 Å². The van der Waals surface area contributed by atoms with Crippen LogP contribution in [-0.2, 0) is 11.3 Å². The molecule has 1 aromatic heterocycles. The maximum absolute atomic E-state index is 12.1. The highest BCUT2D eigenvalue weighted by Crippen LogP contribution is 2.53. The van der Waals surface area contributed by atoms with Crippen molar-refractivity contribution in [3.63, 3.8) is 0 Å². The van der Waals surface area contributed by atoms with Crippen LogP contribution in [0.5, 0.6) is 5.88 Å². The van der Waals surface area contributed by atoms with Gasteiger partial charge in [0.2, 0.25) is 5.88 Å². The standard InChI is InChI=1S/C18H24N4O3.C10H16/c1-19-17(23)16-13-20-22(14-15-5-3-2-4-6-15)18(16)25-12-9-21-7-10-24-11-8-21;1-7-2-9-4-8(1)5-10(3-7)6-9/h2-6,13H,7-12,14H2,1H3,(H,19,23);7-10H,1-6H2. The van der Waals surface area contributed by atoms with Crippen molar-refractivity contribution < 1.29 is 14.3 Å². The molecule has 4 saturated carbocycles. The van der Waals surface area contributed by atoms with Gasteiger partial charge in [0.05, 0.1) is 26.0 Å². The fourth-order valence-corrected chi connectivity index (χ4v) is 6.77. The molecular formula is C28H40N4O3. The lowest BCUT2D eigenvalue weighted by Gasteiger charge is -2.49. The minimum atomic E-state index is -0.194. The van der Waals surface area contributed by atoms with Crippen molar-refractivity contribution in [2.24, 2.45) is 23.7 Å². The summed E-state index contributed by atoms with van der Waals surface area (Å²) in [6.45, 7) is 5.21. The van der Waals surface area contributed by atoms with E-state index in [-0.39, 0.29) is 5.91 Å². The zero-order valence-electron chi connectivity index (χ0n) is 21.0.